The van der Waals surface area contributed by atoms with E-state index in [9.17, 15) is 29.1 Å². The summed E-state index contributed by atoms with van der Waals surface area (Å²) in [6, 6.07) is 0.992. The molecule has 0 spiro atoms. The number of ether oxygens (including phenoxy) is 1. The first kappa shape index (κ1) is 21.2. The summed E-state index contributed by atoms with van der Waals surface area (Å²) in [4.78, 5) is 64.2. The van der Waals surface area contributed by atoms with E-state index in [0.29, 0.717) is 0 Å². The number of ketones is 4. The highest BCUT2D eigenvalue weighted by molar-refractivity contribution is 6.47. The van der Waals surface area contributed by atoms with Crippen LogP contribution in [-0.2, 0) is 24.6 Å². The SMILES string of the molecule is CCC(=O)C12C(=O)C=C(Cl)C(=O)C1C(C)C(=O)c1c(O)cc(Cl)c(OC(C)=O)c12. The number of Topliss-reactive ketones (excluding diaryl/α,β-unsaturated/α-hetero) is 3. The molecule has 2 aliphatic carbocycles. The van der Waals surface area contributed by atoms with Crippen LogP contribution in [0.15, 0.2) is 17.2 Å². The zero-order valence-corrected chi connectivity index (χ0v) is 17.2. The molecule has 0 aliphatic heterocycles. The standard InChI is InChI=1S/C20H16Cl2O7/c1-4-12(25)20-13(26)6-9(21)18(28)15(20)7(2)17(27)14-11(24)5-10(22)19(16(14)20)29-8(3)23/h5-7,15,24H,4H2,1-3H3. The number of hydrogen-bond donors (Lipinski definition) is 1. The van der Waals surface area contributed by atoms with Gasteiger partial charge in [-0.3, -0.25) is 24.0 Å². The van der Waals surface area contributed by atoms with Gasteiger partial charge in [-0.05, 0) is 0 Å². The van der Waals surface area contributed by atoms with Crippen LogP contribution in [0.25, 0.3) is 0 Å². The number of benzene rings is 1. The molecule has 1 N–H and O–H groups in total. The molecule has 29 heavy (non-hydrogen) atoms. The number of rotatable bonds is 3. The van der Waals surface area contributed by atoms with Crippen LogP contribution in [0.2, 0.25) is 5.02 Å². The quantitative estimate of drug-likeness (QED) is 0.438. The number of hydrogen-bond acceptors (Lipinski definition) is 7. The smallest absolute Gasteiger partial charge is 0.308 e. The Labute approximate surface area is 175 Å². The van der Waals surface area contributed by atoms with Crippen molar-refractivity contribution in [3.8, 4) is 11.5 Å². The third-order valence-electron chi connectivity index (χ3n) is 5.41. The van der Waals surface area contributed by atoms with Crippen LogP contribution in [-0.4, -0.2) is 34.2 Å². The van der Waals surface area contributed by atoms with Crippen molar-refractivity contribution in [3.05, 3.63) is 33.3 Å². The highest BCUT2D eigenvalue weighted by Crippen LogP contribution is 2.56. The number of allylic oxidation sites excluding steroid dienone is 2. The molecule has 3 unspecified atom stereocenters. The average Bonchev–Trinajstić information content (AvgIpc) is 2.64. The Kier molecular flexibility index (Phi) is 5.17. The Morgan fingerprint density at radius 1 is 1.21 bits per heavy atom. The predicted octanol–water partition coefficient (Wildman–Crippen LogP) is 2.91. The van der Waals surface area contributed by atoms with E-state index in [-0.39, 0.29) is 22.6 Å². The van der Waals surface area contributed by atoms with Crippen LogP contribution >= 0.6 is 23.2 Å². The molecule has 0 saturated heterocycles. The summed E-state index contributed by atoms with van der Waals surface area (Å²) in [5.41, 5.74) is -2.93. The Balaban J connectivity index is 2.59. The van der Waals surface area contributed by atoms with E-state index in [4.69, 9.17) is 27.9 Å². The molecule has 3 rings (SSSR count). The van der Waals surface area contributed by atoms with Crippen molar-refractivity contribution in [2.24, 2.45) is 11.8 Å². The number of esters is 1. The van der Waals surface area contributed by atoms with E-state index in [1.807, 2.05) is 0 Å². The van der Waals surface area contributed by atoms with Crippen LogP contribution in [0, 0.1) is 11.8 Å². The molecular weight excluding hydrogens is 423 g/mol. The van der Waals surface area contributed by atoms with Crippen LogP contribution in [0.1, 0.15) is 43.1 Å². The lowest BCUT2D eigenvalue weighted by Gasteiger charge is -2.46. The van der Waals surface area contributed by atoms with Crippen LogP contribution in [0.4, 0.5) is 0 Å². The van der Waals surface area contributed by atoms with Crippen molar-refractivity contribution in [1.82, 2.24) is 0 Å². The van der Waals surface area contributed by atoms with Crippen LogP contribution in [0.3, 0.4) is 0 Å². The first-order valence-electron chi connectivity index (χ1n) is 8.77. The van der Waals surface area contributed by atoms with Gasteiger partial charge in [-0.2, -0.15) is 0 Å². The molecular formula is C20H16Cl2O7. The highest BCUT2D eigenvalue weighted by atomic mass is 35.5. The van der Waals surface area contributed by atoms with Gasteiger partial charge < -0.3 is 9.84 Å². The fourth-order valence-corrected chi connectivity index (χ4v) is 4.73. The van der Waals surface area contributed by atoms with Crippen molar-refractivity contribution in [1.29, 1.82) is 0 Å². The Hall–Kier alpha value is -2.51. The highest BCUT2D eigenvalue weighted by Gasteiger charge is 2.65. The third-order valence-corrected chi connectivity index (χ3v) is 5.98. The average molecular weight is 439 g/mol. The molecule has 7 nitrogen and oxygen atoms in total. The van der Waals surface area contributed by atoms with E-state index in [1.54, 1.807) is 0 Å². The molecule has 0 amide bonds. The lowest BCUT2D eigenvalue weighted by atomic mass is 9.52. The molecule has 2 aliphatic rings. The van der Waals surface area contributed by atoms with Crippen LogP contribution in [0.5, 0.6) is 11.5 Å². The number of carbonyl (C=O) groups is 5. The molecule has 1 aromatic rings. The number of phenolic OH excluding ortho intramolecular Hbond substituents is 1. The number of halogens is 2. The number of carbonyl (C=O) groups excluding carboxylic acids is 5. The Morgan fingerprint density at radius 2 is 1.83 bits per heavy atom. The minimum atomic E-state index is -2.19. The fourth-order valence-electron chi connectivity index (χ4n) is 4.28. The predicted molar refractivity (Wildman–Crippen MR) is 102 cm³/mol. The fraction of sp³-hybridized carbons (Fsp3) is 0.350. The molecule has 1 aromatic carbocycles. The van der Waals surface area contributed by atoms with Gasteiger partial charge in [0.2, 0.25) is 0 Å². The van der Waals surface area contributed by atoms with E-state index in [0.717, 1.165) is 19.1 Å². The second-order valence-electron chi connectivity index (χ2n) is 6.99. The normalized spacial score (nSPS) is 25.8. The Bertz CT molecular complexity index is 1040. The summed E-state index contributed by atoms with van der Waals surface area (Å²) in [5, 5.41) is 9.76. The van der Waals surface area contributed by atoms with Gasteiger partial charge in [0.05, 0.1) is 21.5 Å². The Morgan fingerprint density at radius 3 is 2.38 bits per heavy atom. The largest absolute Gasteiger partial charge is 0.507 e. The maximum absolute atomic E-state index is 13.3. The maximum atomic E-state index is 13.3. The molecule has 152 valence electrons. The van der Waals surface area contributed by atoms with E-state index in [2.05, 4.69) is 0 Å². The van der Waals surface area contributed by atoms with E-state index in [1.165, 1.54) is 13.8 Å². The summed E-state index contributed by atoms with van der Waals surface area (Å²) < 4.78 is 5.16. The summed E-state index contributed by atoms with van der Waals surface area (Å²) in [5.74, 6) is -7.39. The summed E-state index contributed by atoms with van der Waals surface area (Å²) >= 11 is 12.1. The van der Waals surface area contributed by atoms with Gasteiger partial charge in [-0.15, -0.1) is 0 Å². The minimum Gasteiger partial charge on any atom is -0.507 e. The van der Waals surface area contributed by atoms with Crippen LogP contribution < -0.4 is 4.74 Å². The molecule has 0 fully saturated rings. The minimum absolute atomic E-state index is 0.173. The lowest BCUT2D eigenvalue weighted by molar-refractivity contribution is -0.143. The van der Waals surface area contributed by atoms with Crippen molar-refractivity contribution in [3.63, 3.8) is 0 Å². The van der Waals surface area contributed by atoms with Crippen molar-refractivity contribution in [2.75, 3.05) is 0 Å². The van der Waals surface area contributed by atoms with Crippen molar-refractivity contribution >= 4 is 52.3 Å². The molecule has 0 saturated carbocycles. The first-order valence-corrected chi connectivity index (χ1v) is 9.53. The first-order chi connectivity index (χ1) is 13.5. The van der Waals surface area contributed by atoms with Gasteiger partial charge in [0, 0.05) is 37.0 Å². The maximum Gasteiger partial charge on any atom is 0.308 e. The topological polar surface area (TPSA) is 115 Å². The zero-order chi connectivity index (χ0) is 21.8. The van der Waals surface area contributed by atoms with Crippen molar-refractivity contribution < 1.29 is 33.8 Å². The zero-order valence-electron chi connectivity index (χ0n) is 15.7. The monoisotopic (exact) mass is 438 g/mol. The van der Waals surface area contributed by atoms with Gasteiger partial charge in [0.15, 0.2) is 28.9 Å². The van der Waals surface area contributed by atoms with Gasteiger partial charge >= 0.3 is 5.97 Å². The molecule has 0 bridgehead atoms. The third kappa shape index (κ3) is 2.75. The van der Waals surface area contributed by atoms with Gasteiger partial charge in [0.1, 0.15) is 11.2 Å². The van der Waals surface area contributed by atoms with Gasteiger partial charge in [-0.1, -0.05) is 37.0 Å². The number of aromatic hydroxyl groups is 1. The van der Waals surface area contributed by atoms with Gasteiger partial charge in [-0.25, -0.2) is 0 Å². The number of fused-ring (bicyclic) bond motifs is 3. The summed E-state index contributed by atoms with van der Waals surface area (Å²) in [6.45, 7) is 3.94. The summed E-state index contributed by atoms with van der Waals surface area (Å²) in [6.07, 6.45) is 0.657. The molecule has 9 heteroatoms. The second-order valence-corrected chi connectivity index (χ2v) is 7.80. The van der Waals surface area contributed by atoms with E-state index >= 15 is 0 Å². The summed E-state index contributed by atoms with van der Waals surface area (Å²) in [7, 11) is 0. The molecule has 0 radical (unpaired) electrons. The van der Waals surface area contributed by atoms with E-state index < -0.39 is 62.9 Å². The van der Waals surface area contributed by atoms with Crippen molar-refractivity contribution in [2.45, 2.75) is 32.6 Å². The number of phenols is 1. The molecule has 0 heterocycles. The van der Waals surface area contributed by atoms with Gasteiger partial charge in [0.25, 0.3) is 0 Å². The lowest BCUT2D eigenvalue weighted by Crippen LogP contribution is -2.60. The molecule has 0 aromatic heterocycles. The molecule has 3 atom stereocenters. The second kappa shape index (κ2) is 7.07.